The fourth-order valence-electron chi connectivity index (χ4n) is 2.79. The molecule has 1 aromatic carbocycles. The molecule has 2 heterocycles. The Hall–Kier alpha value is -2.28. The van der Waals surface area contributed by atoms with Gasteiger partial charge in [-0.25, -0.2) is 9.69 Å². The van der Waals surface area contributed by atoms with E-state index < -0.39 is 6.04 Å². The molecule has 23 heavy (non-hydrogen) atoms. The molecule has 0 N–H and O–H groups in total. The Kier molecular flexibility index (Phi) is 4.12. The zero-order valence-electron chi connectivity index (χ0n) is 13.4. The Morgan fingerprint density at radius 1 is 1.26 bits per heavy atom. The van der Waals surface area contributed by atoms with Crippen LogP contribution in [0.5, 0.6) is 11.5 Å². The Morgan fingerprint density at radius 3 is 2.70 bits per heavy atom. The van der Waals surface area contributed by atoms with E-state index in [0.29, 0.717) is 30.3 Å². The van der Waals surface area contributed by atoms with Gasteiger partial charge in [-0.15, -0.1) is 0 Å². The van der Waals surface area contributed by atoms with Gasteiger partial charge in [0.2, 0.25) is 0 Å². The quantitative estimate of drug-likeness (QED) is 0.789. The molecular weight excluding hydrogens is 300 g/mol. The molecule has 0 radical (unpaired) electrons. The van der Waals surface area contributed by atoms with Crippen molar-refractivity contribution in [1.29, 1.82) is 0 Å². The lowest BCUT2D eigenvalue weighted by Gasteiger charge is -2.26. The molecule has 2 fully saturated rings. The molecule has 7 nitrogen and oxygen atoms in total. The van der Waals surface area contributed by atoms with Crippen LogP contribution in [-0.2, 0) is 9.53 Å². The summed E-state index contributed by atoms with van der Waals surface area (Å²) in [5.74, 6) is 0.790. The number of nitrogens with zero attached hydrogens (tertiary/aromatic N) is 2. The van der Waals surface area contributed by atoms with Crippen LogP contribution in [0.1, 0.15) is 13.8 Å². The number of benzene rings is 1. The van der Waals surface area contributed by atoms with Crippen molar-refractivity contribution in [1.82, 2.24) is 4.90 Å². The third-order valence-electron chi connectivity index (χ3n) is 3.84. The average Bonchev–Trinajstić information content (AvgIpc) is 2.79. The van der Waals surface area contributed by atoms with Crippen LogP contribution in [0.15, 0.2) is 18.2 Å². The summed E-state index contributed by atoms with van der Waals surface area (Å²) in [6, 6.07) is 4.20. The number of hydrogen-bond acceptors (Lipinski definition) is 5. The Labute approximate surface area is 134 Å². The standard InChI is InChI=1S/C16H20N2O5/c1-10(2)23-13-5-4-11(8-14(13)21-3)18-15(19)12-9-22-7-6-17(12)16(18)20/h4-5,8,10,12H,6-7,9H2,1-3H3. The summed E-state index contributed by atoms with van der Waals surface area (Å²) in [6.45, 7) is 4.95. The SMILES string of the molecule is COc1cc(N2C(=O)C3COCCN3C2=O)ccc1OC(C)C. The normalized spacial score (nSPS) is 21.0. The molecule has 0 aliphatic carbocycles. The molecule has 1 unspecified atom stereocenters. The lowest BCUT2D eigenvalue weighted by Crippen LogP contribution is -2.45. The number of ether oxygens (including phenoxy) is 3. The van der Waals surface area contributed by atoms with E-state index in [9.17, 15) is 9.59 Å². The number of anilines is 1. The number of urea groups is 1. The highest BCUT2D eigenvalue weighted by Crippen LogP contribution is 2.35. The second-order valence-electron chi connectivity index (χ2n) is 5.74. The molecule has 2 aliphatic rings. The van der Waals surface area contributed by atoms with Crippen LogP contribution in [-0.4, -0.2) is 55.9 Å². The smallest absolute Gasteiger partial charge is 0.332 e. The Balaban J connectivity index is 1.92. The van der Waals surface area contributed by atoms with E-state index in [-0.39, 0.29) is 24.6 Å². The van der Waals surface area contributed by atoms with Crippen molar-refractivity contribution in [2.45, 2.75) is 26.0 Å². The van der Waals surface area contributed by atoms with Crippen molar-refractivity contribution < 1.29 is 23.8 Å². The minimum Gasteiger partial charge on any atom is -0.493 e. The maximum atomic E-state index is 12.5. The molecule has 2 aliphatic heterocycles. The van der Waals surface area contributed by atoms with Crippen molar-refractivity contribution in [2.24, 2.45) is 0 Å². The first-order valence-corrected chi connectivity index (χ1v) is 7.60. The van der Waals surface area contributed by atoms with Crippen molar-refractivity contribution in [3.05, 3.63) is 18.2 Å². The van der Waals surface area contributed by atoms with Gasteiger partial charge < -0.3 is 19.1 Å². The Morgan fingerprint density at radius 2 is 2.04 bits per heavy atom. The maximum Gasteiger partial charge on any atom is 0.332 e. The van der Waals surface area contributed by atoms with Gasteiger partial charge in [0.05, 0.1) is 32.1 Å². The number of morpholine rings is 1. The zero-order valence-corrected chi connectivity index (χ0v) is 13.4. The summed E-state index contributed by atoms with van der Waals surface area (Å²) < 4.78 is 16.3. The van der Waals surface area contributed by atoms with Gasteiger partial charge in [-0.05, 0) is 26.0 Å². The van der Waals surface area contributed by atoms with E-state index in [1.54, 1.807) is 23.1 Å². The molecule has 7 heteroatoms. The predicted molar refractivity (Wildman–Crippen MR) is 83.0 cm³/mol. The molecule has 1 atom stereocenters. The van der Waals surface area contributed by atoms with E-state index in [2.05, 4.69) is 0 Å². The van der Waals surface area contributed by atoms with E-state index in [1.807, 2.05) is 13.8 Å². The van der Waals surface area contributed by atoms with Crippen LogP contribution in [0.25, 0.3) is 0 Å². The van der Waals surface area contributed by atoms with Gasteiger partial charge in [0.25, 0.3) is 5.91 Å². The second kappa shape index (κ2) is 6.08. The first kappa shape index (κ1) is 15.6. The molecule has 2 saturated heterocycles. The maximum absolute atomic E-state index is 12.5. The van der Waals surface area contributed by atoms with Crippen molar-refractivity contribution in [3.8, 4) is 11.5 Å². The summed E-state index contributed by atoms with van der Waals surface area (Å²) >= 11 is 0. The molecule has 0 bridgehead atoms. The van der Waals surface area contributed by atoms with Gasteiger partial charge in [0.1, 0.15) is 6.04 Å². The van der Waals surface area contributed by atoms with Gasteiger partial charge in [-0.2, -0.15) is 0 Å². The first-order valence-electron chi connectivity index (χ1n) is 7.60. The van der Waals surface area contributed by atoms with Crippen molar-refractivity contribution in [2.75, 3.05) is 31.8 Å². The molecule has 0 aromatic heterocycles. The van der Waals surface area contributed by atoms with Crippen LogP contribution < -0.4 is 14.4 Å². The summed E-state index contributed by atoms with van der Waals surface area (Å²) in [5.41, 5.74) is 0.474. The van der Waals surface area contributed by atoms with Crippen LogP contribution in [0.4, 0.5) is 10.5 Å². The Bertz CT molecular complexity index is 607. The fourth-order valence-corrected chi connectivity index (χ4v) is 2.79. The summed E-state index contributed by atoms with van der Waals surface area (Å²) in [7, 11) is 1.52. The van der Waals surface area contributed by atoms with Crippen LogP contribution in [0, 0.1) is 0 Å². The minimum absolute atomic E-state index is 0.00377. The first-order chi connectivity index (χ1) is 11.0. The number of imide groups is 1. The third kappa shape index (κ3) is 2.72. The molecule has 3 rings (SSSR count). The van der Waals surface area contributed by atoms with Crippen molar-refractivity contribution in [3.63, 3.8) is 0 Å². The molecule has 1 aromatic rings. The number of methoxy groups -OCH3 is 1. The number of amides is 3. The van der Waals surface area contributed by atoms with Crippen LogP contribution in [0.3, 0.4) is 0 Å². The van der Waals surface area contributed by atoms with Crippen LogP contribution >= 0.6 is 0 Å². The van der Waals surface area contributed by atoms with Gasteiger partial charge in [-0.1, -0.05) is 0 Å². The summed E-state index contributed by atoms with van der Waals surface area (Å²) in [5, 5.41) is 0. The van der Waals surface area contributed by atoms with Crippen molar-refractivity contribution >= 4 is 17.6 Å². The second-order valence-corrected chi connectivity index (χ2v) is 5.74. The minimum atomic E-state index is -0.533. The summed E-state index contributed by atoms with van der Waals surface area (Å²) in [4.78, 5) is 27.8. The largest absolute Gasteiger partial charge is 0.493 e. The van der Waals surface area contributed by atoms with E-state index >= 15 is 0 Å². The number of rotatable bonds is 4. The average molecular weight is 320 g/mol. The van der Waals surface area contributed by atoms with Gasteiger partial charge in [0, 0.05) is 12.6 Å². The van der Waals surface area contributed by atoms with Gasteiger partial charge in [-0.3, -0.25) is 4.79 Å². The van der Waals surface area contributed by atoms with Gasteiger partial charge >= 0.3 is 6.03 Å². The fraction of sp³-hybridized carbons (Fsp3) is 0.500. The van der Waals surface area contributed by atoms with E-state index in [1.165, 1.54) is 12.0 Å². The lowest BCUT2D eigenvalue weighted by molar-refractivity contribution is -0.123. The molecule has 3 amide bonds. The molecule has 0 spiro atoms. The summed E-state index contributed by atoms with van der Waals surface area (Å²) in [6.07, 6.45) is -0.00377. The highest BCUT2D eigenvalue weighted by Gasteiger charge is 2.47. The lowest BCUT2D eigenvalue weighted by atomic mass is 10.2. The number of carbonyl (C=O) groups is 2. The monoisotopic (exact) mass is 320 g/mol. The number of hydrogen-bond donors (Lipinski definition) is 0. The number of carbonyl (C=O) groups excluding carboxylic acids is 2. The van der Waals surface area contributed by atoms with E-state index in [0.717, 1.165) is 0 Å². The van der Waals surface area contributed by atoms with Gasteiger partial charge in [0.15, 0.2) is 11.5 Å². The molecule has 0 saturated carbocycles. The molecular formula is C16H20N2O5. The predicted octanol–water partition coefficient (Wildman–Crippen LogP) is 1.65. The number of fused-ring (bicyclic) bond motifs is 1. The highest BCUT2D eigenvalue weighted by atomic mass is 16.5. The highest BCUT2D eigenvalue weighted by molar-refractivity contribution is 6.21. The molecule has 124 valence electrons. The van der Waals surface area contributed by atoms with Crippen LogP contribution in [0.2, 0.25) is 0 Å². The zero-order chi connectivity index (χ0) is 16.6. The third-order valence-corrected chi connectivity index (χ3v) is 3.84. The topological polar surface area (TPSA) is 68.3 Å². The van der Waals surface area contributed by atoms with E-state index in [4.69, 9.17) is 14.2 Å².